The van der Waals surface area contributed by atoms with Crippen LogP contribution >= 0.6 is 11.3 Å². The van der Waals surface area contributed by atoms with Crippen LogP contribution in [0.5, 0.6) is 5.75 Å². The second-order valence-electron chi connectivity index (χ2n) is 10.9. The quantitative estimate of drug-likeness (QED) is 0.241. The Kier molecular flexibility index (Phi) is 7.04. The fourth-order valence-electron chi connectivity index (χ4n) is 6.15. The van der Waals surface area contributed by atoms with E-state index < -0.39 is 0 Å². The number of fused-ring (bicyclic) bond motifs is 2. The molecule has 1 aromatic heterocycles. The molecule has 0 aliphatic carbocycles. The highest BCUT2D eigenvalue weighted by Crippen LogP contribution is 2.32. The first-order valence-electron chi connectivity index (χ1n) is 13.5. The molecule has 0 radical (unpaired) electrons. The molecule has 7 heteroatoms. The van der Waals surface area contributed by atoms with Gasteiger partial charge >= 0.3 is 0 Å². The van der Waals surface area contributed by atoms with Gasteiger partial charge in [-0.05, 0) is 61.1 Å². The largest absolute Gasteiger partial charge is 0.496 e. The van der Waals surface area contributed by atoms with Crippen LogP contribution in [0.3, 0.4) is 0 Å². The van der Waals surface area contributed by atoms with Crippen molar-refractivity contribution in [2.45, 2.75) is 39.8 Å². The molecule has 3 aromatic carbocycles. The highest BCUT2D eigenvalue weighted by molar-refractivity contribution is 7.18. The summed E-state index contributed by atoms with van der Waals surface area (Å²) in [6.45, 7) is 6.99. The number of hydrogen-bond acceptors (Lipinski definition) is 6. The molecule has 3 heterocycles. The molecule has 0 saturated carbocycles. The normalized spacial score (nSPS) is 19.2. The summed E-state index contributed by atoms with van der Waals surface area (Å²) < 4.78 is 21.1. The molecule has 0 unspecified atom stereocenters. The monoisotopic (exact) mass is 541 g/mol. The second-order valence-corrected chi connectivity index (χ2v) is 12.1. The number of carbonyl (C=O) groups excluding carboxylic acids is 1. The highest BCUT2D eigenvalue weighted by atomic mass is 32.1. The minimum atomic E-state index is -0.250. The lowest BCUT2D eigenvalue weighted by molar-refractivity contribution is 0.0856. The maximum Gasteiger partial charge on any atom is 0.163 e. The third-order valence-corrected chi connectivity index (χ3v) is 8.77. The molecule has 200 valence electrons. The van der Waals surface area contributed by atoms with E-state index in [1.54, 1.807) is 30.6 Å². The average Bonchev–Trinajstić information content (AvgIpc) is 3.51. The van der Waals surface area contributed by atoms with Gasteiger partial charge in [-0.15, -0.1) is 11.3 Å². The summed E-state index contributed by atoms with van der Waals surface area (Å²) in [5.74, 6) is 1.12. The molecule has 39 heavy (non-hydrogen) atoms. The zero-order valence-electron chi connectivity index (χ0n) is 22.5. The predicted molar refractivity (Wildman–Crippen MR) is 155 cm³/mol. The number of thiazole rings is 1. The second kappa shape index (κ2) is 10.6. The third-order valence-electron chi connectivity index (χ3n) is 7.84. The molecule has 2 aliphatic heterocycles. The fourth-order valence-corrected chi connectivity index (χ4v) is 7.02. The highest BCUT2D eigenvalue weighted by Gasteiger charge is 2.29. The molecule has 1 fully saturated rings. The Bertz CT molecular complexity index is 1590. The van der Waals surface area contributed by atoms with Crippen LogP contribution in [-0.4, -0.2) is 41.6 Å². The molecule has 2 aliphatic rings. The number of rotatable bonds is 7. The van der Waals surface area contributed by atoms with Crippen molar-refractivity contribution in [2.24, 2.45) is 16.8 Å². The molecule has 1 saturated heterocycles. The van der Waals surface area contributed by atoms with Crippen molar-refractivity contribution in [3.63, 3.8) is 0 Å². The first-order chi connectivity index (χ1) is 18.9. The van der Waals surface area contributed by atoms with Crippen LogP contribution in [0.1, 0.15) is 57.4 Å². The number of piperidine rings is 1. The summed E-state index contributed by atoms with van der Waals surface area (Å²) >= 11 is 1.69. The summed E-state index contributed by atoms with van der Waals surface area (Å²) in [7, 11) is 1.57. The van der Waals surface area contributed by atoms with E-state index in [4.69, 9.17) is 9.73 Å². The Balaban J connectivity index is 1.18. The SMILES string of the molecule is COc1cccc(F)c1CN1C[C@@H](C)C[C@@H](CC(=O)c2ccc3c(c2)C(c2ccc4nc(C)sc4c2)=NC3)C1. The molecule has 0 amide bonds. The van der Waals surface area contributed by atoms with E-state index in [9.17, 15) is 9.18 Å². The average molecular weight is 542 g/mol. The molecular formula is C32H32FN3O2S. The fraction of sp³-hybridized carbons (Fsp3) is 0.344. The summed E-state index contributed by atoms with van der Waals surface area (Å²) in [6, 6.07) is 17.3. The summed E-state index contributed by atoms with van der Waals surface area (Å²) in [5.41, 5.74) is 6.53. The summed E-state index contributed by atoms with van der Waals surface area (Å²) in [4.78, 5) is 25.2. The van der Waals surface area contributed by atoms with Crippen molar-refractivity contribution in [2.75, 3.05) is 20.2 Å². The number of aryl methyl sites for hydroxylation is 1. The van der Waals surface area contributed by atoms with Crippen molar-refractivity contribution in [3.05, 3.63) is 93.2 Å². The number of hydrogen-bond donors (Lipinski definition) is 0. The van der Waals surface area contributed by atoms with Gasteiger partial charge in [-0.25, -0.2) is 9.37 Å². The van der Waals surface area contributed by atoms with Crippen molar-refractivity contribution < 1.29 is 13.9 Å². The van der Waals surface area contributed by atoms with E-state index in [-0.39, 0.29) is 17.5 Å². The Hall–Kier alpha value is -3.42. The molecule has 2 atom stereocenters. The van der Waals surface area contributed by atoms with Gasteiger partial charge in [-0.3, -0.25) is 14.7 Å². The number of nitrogens with zero attached hydrogens (tertiary/aromatic N) is 3. The van der Waals surface area contributed by atoms with E-state index in [0.717, 1.165) is 62.7 Å². The van der Waals surface area contributed by atoms with Gasteiger partial charge in [0.25, 0.3) is 0 Å². The number of methoxy groups -OCH3 is 1. The van der Waals surface area contributed by atoms with Crippen LogP contribution in [0.4, 0.5) is 4.39 Å². The predicted octanol–water partition coefficient (Wildman–Crippen LogP) is 6.83. The number of likely N-dealkylation sites (tertiary alicyclic amines) is 1. The summed E-state index contributed by atoms with van der Waals surface area (Å²) in [5, 5.41) is 1.05. The smallest absolute Gasteiger partial charge is 0.163 e. The van der Waals surface area contributed by atoms with Gasteiger partial charge in [0.2, 0.25) is 0 Å². The first kappa shape index (κ1) is 25.8. The van der Waals surface area contributed by atoms with Crippen molar-refractivity contribution >= 4 is 33.0 Å². The standard InChI is InChI=1S/C32H32FN3O2S/c1-19-11-21(17-36(16-19)18-26-27(33)5-4-6-30(26)38-3)12-29(37)22-7-8-24-15-34-32(25(24)13-22)23-9-10-28-31(14-23)39-20(2)35-28/h4-10,13-14,19,21H,11-12,15-18H2,1-3H3/t19-,21-/m0/s1. The van der Waals surface area contributed by atoms with E-state index in [2.05, 4.69) is 41.1 Å². The third kappa shape index (κ3) is 5.25. The first-order valence-corrected chi connectivity index (χ1v) is 14.3. The number of aromatic nitrogens is 1. The number of ether oxygens (including phenoxy) is 1. The van der Waals surface area contributed by atoms with Crippen molar-refractivity contribution in [1.29, 1.82) is 0 Å². The van der Waals surface area contributed by atoms with Gasteiger partial charge in [0.05, 0.1) is 34.6 Å². The zero-order chi connectivity index (χ0) is 27.1. The van der Waals surface area contributed by atoms with Crippen LogP contribution < -0.4 is 4.74 Å². The number of benzene rings is 3. The molecule has 6 rings (SSSR count). The van der Waals surface area contributed by atoms with Crippen LogP contribution in [0, 0.1) is 24.6 Å². The van der Waals surface area contributed by atoms with Gasteiger partial charge in [0.1, 0.15) is 11.6 Å². The molecule has 4 aromatic rings. The minimum absolute atomic E-state index is 0.153. The van der Waals surface area contributed by atoms with Gasteiger partial charge in [0, 0.05) is 48.3 Å². The number of halogens is 1. The van der Waals surface area contributed by atoms with Crippen molar-refractivity contribution in [3.8, 4) is 5.75 Å². The van der Waals surface area contributed by atoms with Gasteiger partial charge in [-0.2, -0.15) is 0 Å². The lowest BCUT2D eigenvalue weighted by atomic mass is 9.85. The maximum atomic E-state index is 14.6. The Morgan fingerprint density at radius 1 is 1.15 bits per heavy atom. The molecule has 0 N–H and O–H groups in total. The Labute approximate surface area is 232 Å². The zero-order valence-corrected chi connectivity index (χ0v) is 23.4. The van der Waals surface area contributed by atoms with Gasteiger partial charge < -0.3 is 4.74 Å². The van der Waals surface area contributed by atoms with E-state index >= 15 is 0 Å². The van der Waals surface area contributed by atoms with Crippen LogP contribution in [0.15, 0.2) is 59.6 Å². The minimum Gasteiger partial charge on any atom is -0.496 e. The van der Waals surface area contributed by atoms with Crippen LogP contribution in [0.25, 0.3) is 10.2 Å². The molecule has 5 nitrogen and oxygen atoms in total. The van der Waals surface area contributed by atoms with E-state index in [0.29, 0.717) is 36.7 Å². The lowest BCUT2D eigenvalue weighted by Crippen LogP contribution is -2.40. The summed E-state index contributed by atoms with van der Waals surface area (Å²) in [6.07, 6.45) is 1.47. The topological polar surface area (TPSA) is 54.8 Å². The number of aliphatic imine (C=N–C) groups is 1. The van der Waals surface area contributed by atoms with E-state index in [1.807, 2.05) is 19.1 Å². The van der Waals surface area contributed by atoms with Crippen LogP contribution in [0.2, 0.25) is 0 Å². The Morgan fingerprint density at radius 3 is 2.87 bits per heavy atom. The number of carbonyl (C=O) groups is 1. The van der Waals surface area contributed by atoms with Crippen molar-refractivity contribution in [1.82, 2.24) is 9.88 Å². The van der Waals surface area contributed by atoms with E-state index in [1.165, 1.54) is 6.07 Å². The maximum absolute atomic E-state index is 14.6. The Morgan fingerprint density at radius 2 is 2.03 bits per heavy atom. The van der Waals surface area contributed by atoms with Gasteiger partial charge in [-0.1, -0.05) is 31.2 Å². The van der Waals surface area contributed by atoms with Gasteiger partial charge in [0.15, 0.2) is 5.78 Å². The molecule has 0 bridgehead atoms. The number of Topliss-reactive ketones (excluding diaryl/α,β-unsaturated/α-hetero) is 1. The molecule has 0 spiro atoms. The van der Waals surface area contributed by atoms with Crippen LogP contribution in [-0.2, 0) is 13.1 Å². The number of ketones is 1. The molecular weight excluding hydrogens is 509 g/mol. The lowest BCUT2D eigenvalue weighted by Gasteiger charge is -2.36.